The van der Waals surface area contributed by atoms with Crippen LogP contribution in [0, 0.1) is 17.2 Å². The van der Waals surface area contributed by atoms with E-state index in [0.29, 0.717) is 29.3 Å². The monoisotopic (exact) mass is 312 g/mol. The second kappa shape index (κ2) is 6.08. The van der Waals surface area contributed by atoms with Gasteiger partial charge in [0, 0.05) is 10.7 Å². The molecule has 110 valence electrons. The number of halogens is 1. The first-order valence-corrected chi connectivity index (χ1v) is 7.26. The molecule has 0 saturated carbocycles. The van der Waals surface area contributed by atoms with Gasteiger partial charge >= 0.3 is 0 Å². The van der Waals surface area contributed by atoms with Gasteiger partial charge in [0.05, 0.1) is 17.6 Å². The van der Waals surface area contributed by atoms with Gasteiger partial charge in [0.25, 0.3) is 0 Å². The molecule has 22 heavy (non-hydrogen) atoms. The lowest BCUT2D eigenvalue weighted by atomic mass is 9.96. The van der Waals surface area contributed by atoms with Crippen molar-refractivity contribution in [3.05, 3.63) is 58.6 Å². The predicted octanol–water partition coefficient (Wildman–Crippen LogP) is 3.40. The normalized spacial score (nSPS) is 16.1. The minimum Gasteiger partial charge on any atom is -0.492 e. The van der Waals surface area contributed by atoms with E-state index in [1.807, 2.05) is 18.2 Å². The van der Waals surface area contributed by atoms with Gasteiger partial charge in [-0.3, -0.25) is 4.79 Å². The van der Waals surface area contributed by atoms with E-state index in [-0.39, 0.29) is 11.8 Å². The molecule has 0 fully saturated rings. The van der Waals surface area contributed by atoms with Gasteiger partial charge in [0.2, 0.25) is 5.91 Å². The van der Waals surface area contributed by atoms with Crippen molar-refractivity contribution in [2.24, 2.45) is 5.92 Å². The second-order valence-corrected chi connectivity index (χ2v) is 5.58. The minimum absolute atomic E-state index is 0.102. The summed E-state index contributed by atoms with van der Waals surface area (Å²) < 4.78 is 5.62. The van der Waals surface area contributed by atoms with Crippen molar-refractivity contribution in [3.63, 3.8) is 0 Å². The van der Waals surface area contributed by atoms with Crippen molar-refractivity contribution in [2.75, 3.05) is 11.9 Å². The van der Waals surface area contributed by atoms with E-state index in [1.165, 1.54) is 0 Å². The molecule has 0 aliphatic carbocycles. The maximum atomic E-state index is 12.3. The number of rotatable bonds is 2. The molecule has 2 aromatic rings. The van der Waals surface area contributed by atoms with Gasteiger partial charge in [0.15, 0.2) is 0 Å². The zero-order valence-electron chi connectivity index (χ0n) is 11.7. The van der Waals surface area contributed by atoms with Gasteiger partial charge < -0.3 is 10.1 Å². The summed E-state index contributed by atoms with van der Waals surface area (Å²) in [4.78, 5) is 12.3. The standard InChI is InChI=1S/C17H13ClN2O2/c18-14-3-6-16-12(8-14)7-13(10-22-16)17(21)20-15-4-1-11(9-19)2-5-15/h1-6,8,13H,7,10H2,(H,20,21). The molecular formula is C17H13ClN2O2. The Labute approximate surface area is 133 Å². The Kier molecular flexibility index (Phi) is 3.99. The van der Waals surface area contributed by atoms with Crippen molar-refractivity contribution < 1.29 is 9.53 Å². The fraction of sp³-hybridized carbons (Fsp3) is 0.176. The molecule has 0 aromatic heterocycles. The zero-order valence-corrected chi connectivity index (χ0v) is 12.4. The maximum Gasteiger partial charge on any atom is 0.231 e. The molecule has 1 N–H and O–H groups in total. The number of carbonyl (C=O) groups excluding carboxylic acids is 1. The third kappa shape index (κ3) is 3.05. The number of fused-ring (bicyclic) bond motifs is 1. The van der Waals surface area contributed by atoms with E-state index in [1.54, 1.807) is 30.3 Å². The minimum atomic E-state index is -0.262. The SMILES string of the molecule is N#Cc1ccc(NC(=O)C2COc3ccc(Cl)cc3C2)cc1. The van der Waals surface area contributed by atoms with Crippen LogP contribution in [0.1, 0.15) is 11.1 Å². The Bertz CT molecular complexity index is 750. The first-order chi connectivity index (χ1) is 10.7. The number of amides is 1. The number of ether oxygens (including phenoxy) is 1. The van der Waals surface area contributed by atoms with Gasteiger partial charge in [-0.2, -0.15) is 5.26 Å². The Morgan fingerprint density at radius 2 is 2.05 bits per heavy atom. The number of carbonyl (C=O) groups is 1. The van der Waals surface area contributed by atoms with Crippen LogP contribution in [-0.4, -0.2) is 12.5 Å². The van der Waals surface area contributed by atoms with Gasteiger partial charge in [0.1, 0.15) is 12.4 Å². The van der Waals surface area contributed by atoms with Crippen LogP contribution in [0.3, 0.4) is 0 Å². The highest BCUT2D eigenvalue weighted by molar-refractivity contribution is 6.30. The molecule has 4 nitrogen and oxygen atoms in total. The number of nitrogens with one attached hydrogen (secondary N) is 1. The van der Waals surface area contributed by atoms with Crippen molar-refractivity contribution in [3.8, 4) is 11.8 Å². The molecule has 1 heterocycles. The number of nitriles is 1. The summed E-state index contributed by atoms with van der Waals surface area (Å²) in [6, 6.07) is 14.2. The third-order valence-electron chi connectivity index (χ3n) is 3.58. The van der Waals surface area contributed by atoms with Gasteiger partial charge in [-0.15, -0.1) is 0 Å². The summed E-state index contributed by atoms with van der Waals surface area (Å²) in [5.74, 6) is 0.420. The van der Waals surface area contributed by atoms with E-state index in [2.05, 4.69) is 5.32 Å². The summed E-state index contributed by atoms with van der Waals surface area (Å²) in [6.07, 6.45) is 0.595. The van der Waals surface area contributed by atoms with Crippen LogP contribution in [0.15, 0.2) is 42.5 Å². The quantitative estimate of drug-likeness (QED) is 0.924. The summed E-state index contributed by atoms with van der Waals surface area (Å²) >= 11 is 5.98. The topological polar surface area (TPSA) is 62.1 Å². The lowest BCUT2D eigenvalue weighted by Gasteiger charge is -2.24. The maximum absolute atomic E-state index is 12.3. The van der Waals surface area contributed by atoms with Gasteiger partial charge in [-0.1, -0.05) is 11.6 Å². The van der Waals surface area contributed by atoms with E-state index < -0.39 is 0 Å². The van der Waals surface area contributed by atoms with Crippen molar-refractivity contribution in [1.82, 2.24) is 0 Å². The molecule has 1 atom stereocenters. The van der Waals surface area contributed by atoms with Crippen molar-refractivity contribution in [1.29, 1.82) is 5.26 Å². The highest BCUT2D eigenvalue weighted by atomic mass is 35.5. The first-order valence-electron chi connectivity index (χ1n) is 6.88. The summed E-state index contributed by atoms with van der Waals surface area (Å²) in [5.41, 5.74) is 2.17. The molecule has 3 rings (SSSR count). The van der Waals surface area contributed by atoms with Crippen LogP contribution >= 0.6 is 11.6 Å². The Hall–Kier alpha value is -2.51. The number of hydrogen-bond acceptors (Lipinski definition) is 3. The summed E-state index contributed by atoms with van der Waals surface area (Å²) in [7, 11) is 0. The van der Waals surface area contributed by atoms with Crippen LogP contribution < -0.4 is 10.1 Å². The fourth-order valence-corrected chi connectivity index (χ4v) is 2.60. The van der Waals surface area contributed by atoms with Gasteiger partial charge in [-0.05, 0) is 54.4 Å². The molecule has 1 aliphatic rings. The molecular weight excluding hydrogens is 300 g/mol. The Morgan fingerprint density at radius 3 is 2.77 bits per heavy atom. The second-order valence-electron chi connectivity index (χ2n) is 5.14. The molecule has 0 spiro atoms. The van der Waals surface area contributed by atoms with Crippen LogP contribution in [-0.2, 0) is 11.2 Å². The third-order valence-corrected chi connectivity index (χ3v) is 3.82. The molecule has 0 saturated heterocycles. The summed E-state index contributed by atoms with van der Waals surface area (Å²) in [6.45, 7) is 0.344. The van der Waals surface area contributed by atoms with E-state index in [9.17, 15) is 4.79 Å². The highest BCUT2D eigenvalue weighted by Gasteiger charge is 2.26. The Balaban J connectivity index is 1.69. The predicted molar refractivity (Wildman–Crippen MR) is 83.9 cm³/mol. The van der Waals surface area contributed by atoms with Crippen LogP contribution in [0.4, 0.5) is 5.69 Å². The number of benzene rings is 2. The van der Waals surface area contributed by atoms with E-state index >= 15 is 0 Å². The zero-order chi connectivity index (χ0) is 15.5. The molecule has 1 amide bonds. The van der Waals surface area contributed by atoms with E-state index in [0.717, 1.165) is 11.3 Å². The number of hydrogen-bond donors (Lipinski definition) is 1. The fourth-order valence-electron chi connectivity index (χ4n) is 2.40. The number of anilines is 1. The average molecular weight is 313 g/mol. The highest BCUT2D eigenvalue weighted by Crippen LogP contribution is 2.30. The first kappa shape index (κ1) is 14.4. The Morgan fingerprint density at radius 1 is 1.27 bits per heavy atom. The molecule has 1 aliphatic heterocycles. The molecule has 2 aromatic carbocycles. The van der Waals surface area contributed by atoms with Crippen LogP contribution in [0.25, 0.3) is 0 Å². The molecule has 0 bridgehead atoms. The molecule has 0 radical (unpaired) electrons. The average Bonchev–Trinajstić information content (AvgIpc) is 2.54. The smallest absolute Gasteiger partial charge is 0.231 e. The largest absolute Gasteiger partial charge is 0.492 e. The van der Waals surface area contributed by atoms with Crippen LogP contribution in [0.2, 0.25) is 5.02 Å². The molecule has 5 heteroatoms. The number of nitrogens with zero attached hydrogens (tertiary/aromatic N) is 1. The van der Waals surface area contributed by atoms with Gasteiger partial charge in [-0.25, -0.2) is 0 Å². The molecule has 1 unspecified atom stereocenters. The lowest BCUT2D eigenvalue weighted by molar-refractivity contribution is -0.121. The van der Waals surface area contributed by atoms with Crippen molar-refractivity contribution in [2.45, 2.75) is 6.42 Å². The van der Waals surface area contributed by atoms with Crippen molar-refractivity contribution >= 4 is 23.2 Å². The lowest BCUT2D eigenvalue weighted by Crippen LogP contribution is -2.32. The summed E-state index contributed by atoms with van der Waals surface area (Å²) in [5, 5.41) is 12.2. The van der Waals surface area contributed by atoms with E-state index in [4.69, 9.17) is 21.6 Å². The van der Waals surface area contributed by atoms with Crippen LogP contribution in [0.5, 0.6) is 5.75 Å².